The summed E-state index contributed by atoms with van der Waals surface area (Å²) >= 11 is 1.28. The second-order valence-electron chi connectivity index (χ2n) is 9.68. The SMILES string of the molecule is CCN(C)SNc1ccc(F)c(Oc2ccc3ncn(C4COC5(CCC(=O)CC5)C4)c(=O)c3c2)c1C#N. The van der Waals surface area contributed by atoms with Gasteiger partial charge in [0.2, 0.25) is 0 Å². The van der Waals surface area contributed by atoms with E-state index in [0.29, 0.717) is 55.3 Å². The lowest BCUT2D eigenvalue weighted by Crippen LogP contribution is -2.34. The third kappa shape index (κ3) is 5.12. The summed E-state index contributed by atoms with van der Waals surface area (Å²) in [6, 6.07) is 9.29. The Bertz CT molecular complexity index is 1480. The van der Waals surface area contributed by atoms with Gasteiger partial charge in [0.05, 0.1) is 41.2 Å². The molecule has 0 radical (unpaired) electrons. The van der Waals surface area contributed by atoms with E-state index in [-0.39, 0.29) is 40.0 Å². The third-order valence-corrected chi connectivity index (χ3v) is 8.14. The maximum atomic E-state index is 14.8. The van der Waals surface area contributed by atoms with Crippen LogP contribution in [-0.4, -0.2) is 45.4 Å². The first-order valence-electron chi connectivity index (χ1n) is 12.5. The number of anilines is 1. The predicted molar refractivity (Wildman–Crippen MR) is 143 cm³/mol. The number of halogens is 1. The van der Waals surface area contributed by atoms with E-state index in [4.69, 9.17) is 9.47 Å². The number of benzene rings is 2. The van der Waals surface area contributed by atoms with Crippen LogP contribution >= 0.6 is 12.1 Å². The molecule has 2 aliphatic rings. The molecule has 1 atom stereocenters. The monoisotopic (exact) mass is 537 g/mol. The first-order chi connectivity index (χ1) is 18.3. The topological polar surface area (TPSA) is 109 Å². The molecule has 2 aromatic carbocycles. The lowest BCUT2D eigenvalue weighted by Gasteiger charge is -2.31. The van der Waals surface area contributed by atoms with Crippen LogP contribution in [0.2, 0.25) is 0 Å². The Morgan fingerprint density at radius 1 is 1.32 bits per heavy atom. The van der Waals surface area contributed by atoms with Crippen molar-refractivity contribution in [3.05, 3.63) is 58.4 Å². The Morgan fingerprint density at radius 3 is 2.84 bits per heavy atom. The zero-order valence-electron chi connectivity index (χ0n) is 21.2. The molecule has 2 heterocycles. The van der Waals surface area contributed by atoms with Crippen molar-refractivity contribution < 1.29 is 18.7 Å². The number of hydrogen-bond acceptors (Lipinski definition) is 9. The van der Waals surface area contributed by atoms with Crippen LogP contribution in [0.3, 0.4) is 0 Å². The number of carbonyl (C=O) groups excluding carboxylic acids is 1. The normalized spacial score (nSPS) is 18.7. The number of ketones is 1. The van der Waals surface area contributed by atoms with Crippen molar-refractivity contribution in [1.82, 2.24) is 13.9 Å². The van der Waals surface area contributed by atoms with Crippen LogP contribution in [0.25, 0.3) is 10.9 Å². The Kier molecular flexibility index (Phi) is 7.38. The molecule has 1 aliphatic carbocycles. The van der Waals surface area contributed by atoms with Gasteiger partial charge in [0.1, 0.15) is 23.2 Å². The van der Waals surface area contributed by atoms with Crippen molar-refractivity contribution >= 4 is 34.5 Å². The lowest BCUT2D eigenvalue weighted by molar-refractivity contribution is -0.126. The summed E-state index contributed by atoms with van der Waals surface area (Å²) in [4.78, 5) is 29.6. The molecule has 5 rings (SSSR count). The molecule has 1 N–H and O–H groups in total. The maximum Gasteiger partial charge on any atom is 0.261 e. The average Bonchev–Trinajstić information content (AvgIpc) is 3.34. The van der Waals surface area contributed by atoms with E-state index >= 15 is 0 Å². The van der Waals surface area contributed by atoms with Crippen molar-refractivity contribution in [2.75, 3.05) is 24.9 Å². The minimum Gasteiger partial charge on any atom is -0.453 e. The zero-order valence-corrected chi connectivity index (χ0v) is 22.0. The van der Waals surface area contributed by atoms with Gasteiger partial charge < -0.3 is 14.2 Å². The fourth-order valence-corrected chi connectivity index (χ4v) is 5.49. The van der Waals surface area contributed by atoms with Gasteiger partial charge in [-0.2, -0.15) is 5.26 Å². The first-order valence-corrected chi connectivity index (χ1v) is 13.3. The van der Waals surface area contributed by atoms with Gasteiger partial charge in [-0.15, -0.1) is 0 Å². The van der Waals surface area contributed by atoms with E-state index < -0.39 is 5.82 Å². The highest BCUT2D eigenvalue weighted by molar-refractivity contribution is 7.98. The second kappa shape index (κ2) is 10.7. The Balaban J connectivity index is 1.43. The van der Waals surface area contributed by atoms with Crippen LogP contribution in [0.5, 0.6) is 11.5 Å². The zero-order chi connectivity index (χ0) is 26.9. The molecule has 1 aliphatic heterocycles. The van der Waals surface area contributed by atoms with Crippen LogP contribution in [0.15, 0.2) is 41.5 Å². The summed E-state index contributed by atoms with van der Waals surface area (Å²) in [5.74, 6) is -0.447. The average molecular weight is 538 g/mol. The number of nitrogens with zero attached hydrogens (tertiary/aromatic N) is 4. The number of fused-ring (bicyclic) bond motifs is 1. The van der Waals surface area contributed by atoms with Crippen molar-refractivity contribution in [3.8, 4) is 17.6 Å². The largest absolute Gasteiger partial charge is 0.453 e. The molecule has 2 fully saturated rings. The minimum atomic E-state index is -0.691. The molecule has 1 unspecified atom stereocenters. The quantitative estimate of drug-likeness (QED) is 0.418. The van der Waals surface area contributed by atoms with Crippen molar-refractivity contribution in [3.63, 3.8) is 0 Å². The molecule has 1 spiro atoms. The van der Waals surface area contributed by atoms with E-state index in [2.05, 4.69) is 9.71 Å². The van der Waals surface area contributed by atoms with Gasteiger partial charge in [-0.25, -0.2) is 13.7 Å². The third-order valence-electron chi connectivity index (χ3n) is 7.25. The molecule has 9 nitrogen and oxygen atoms in total. The van der Waals surface area contributed by atoms with E-state index in [1.807, 2.05) is 24.3 Å². The fraction of sp³-hybridized carbons (Fsp3) is 0.407. The van der Waals surface area contributed by atoms with E-state index in [9.17, 15) is 19.2 Å². The van der Waals surface area contributed by atoms with Gasteiger partial charge in [0.15, 0.2) is 11.6 Å². The maximum absolute atomic E-state index is 14.8. The molecule has 1 saturated carbocycles. The van der Waals surface area contributed by atoms with Gasteiger partial charge in [-0.1, -0.05) is 6.92 Å². The Labute approximate surface area is 223 Å². The number of carbonyl (C=O) groups is 1. The van der Waals surface area contributed by atoms with Crippen molar-refractivity contribution in [2.45, 2.75) is 50.7 Å². The standard InChI is InChI=1S/C27H28FN5O4S/c1-3-32(2)38-31-24-7-5-22(28)25(21(24)14-29)37-19-4-6-23-20(12-19)26(35)33(16-30-23)17-13-27(36-15-17)10-8-18(34)9-11-27/h4-7,12,16-17,31H,3,8-11,13,15H2,1-2H3. The summed E-state index contributed by atoms with van der Waals surface area (Å²) in [7, 11) is 1.88. The summed E-state index contributed by atoms with van der Waals surface area (Å²) in [6.45, 7) is 3.12. The summed E-state index contributed by atoms with van der Waals surface area (Å²) < 4.78 is 33.3. The predicted octanol–water partition coefficient (Wildman–Crippen LogP) is 4.97. The molecular formula is C27H28FN5O4S. The molecule has 1 aromatic heterocycles. The summed E-state index contributed by atoms with van der Waals surface area (Å²) in [6.07, 6.45) is 4.52. The number of nitrogens with one attached hydrogen (secondary N) is 1. The number of ether oxygens (including phenoxy) is 2. The fourth-order valence-electron chi connectivity index (χ4n) is 4.93. The van der Waals surface area contributed by atoms with Crippen LogP contribution < -0.4 is 15.0 Å². The number of Topliss-reactive ketones (excluding diaryl/α,β-unsaturated/α-hetero) is 1. The molecule has 1 saturated heterocycles. The smallest absolute Gasteiger partial charge is 0.261 e. The highest BCUT2D eigenvalue weighted by Crippen LogP contribution is 2.42. The molecule has 198 valence electrons. The highest BCUT2D eigenvalue weighted by atomic mass is 32.2. The van der Waals surface area contributed by atoms with Gasteiger partial charge in [0, 0.05) is 31.5 Å². The first kappa shape index (κ1) is 26.2. The van der Waals surface area contributed by atoms with E-state index in [1.54, 1.807) is 16.7 Å². The number of aromatic nitrogens is 2. The van der Waals surface area contributed by atoms with E-state index in [0.717, 1.165) is 6.54 Å². The summed E-state index contributed by atoms with van der Waals surface area (Å²) in [5.41, 5.74) is 0.287. The number of hydrogen-bond donors (Lipinski definition) is 1. The number of rotatable bonds is 7. The second-order valence-corrected chi connectivity index (χ2v) is 10.7. The Morgan fingerprint density at radius 2 is 2.11 bits per heavy atom. The molecule has 11 heteroatoms. The van der Waals surface area contributed by atoms with Crippen LogP contribution in [0, 0.1) is 17.1 Å². The molecule has 0 bridgehead atoms. The van der Waals surface area contributed by atoms with Crippen molar-refractivity contribution in [1.29, 1.82) is 5.26 Å². The van der Waals surface area contributed by atoms with Crippen LogP contribution in [0.4, 0.5) is 10.1 Å². The molecule has 0 amide bonds. The number of nitriles is 1. The Hall–Kier alpha value is -3.46. The summed E-state index contributed by atoms with van der Waals surface area (Å²) in [5, 5.41) is 10.1. The van der Waals surface area contributed by atoms with E-state index in [1.165, 1.54) is 36.7 Å². The molecule has 3 aromatic rings. The van der Waals surface area contributed by atoms with Gasteiger partial charge in [-0.05, 0) is 56.6 Å². The minimum absolute atomic E-state index is 0.0186. The van der Waals surface area contributed by atoms with Gasteiger partial charge >= 0.3 is 0 Å². The molecular weight excluding hydrogens is 509 g/mol. The van der Waals surface area contributed by atoms with Crippen LogP contribution in [-0.2, 0) is 9.53 Å². The van der Waals surface area contributed by atoms with Gasteiger partial charge in [-0.3, -0.25) is 14.2 Å². The van der Waals surface area contributed by atoms with Crippen LogP contribution in [0.1, 0.15) is 50.6 Å². The highest BCUT2D eigenvalue weighted by Gasteiger charge is 2.43. The molecule has 38 heavy (non-hydrogen) atoms. The van der Waals surface area contributed by atoms with Gasteiger partial charge in [0.25, 0.3) is 5.56 Å². The lowest BCUT2D eigenvalue weighted by atomic mass is 9.81. The van der Waals surface area contributed by atoms with Crippen molar-refractivity contribution in [2.24, 2.45) is 0 Å².